The summed E-state index contributed by atoms with van der Waals surface area (Å²) in [6, 6.07) is 38.7. The first-order valence-corrected chi connectivity index (χ1v) is 23.2. The van der Waals surface area contributed by atoms with E-state index in [1.54, 1.807) is 85.6 Å². The van der Waals surface area contributed by atoms with Crippen LogP contribution in [0.4, 0.5) is 0 Å². The summed E-state index contributed by atoms with van der Waals surface area (Å²) in [5, 5.41) is 0. The zero-order valence-electron chi connectivity index (χ0n) is 55.3. The summed E-state index contributed by atoms with van der Waals surface area (Å²) in [6.45, 7) is 15.8. The van der Waals surface area contributed by atoms with Crippen molar-refractivity contribution in [1.29, 1.82) is 0 Å². The Balaban J connectivity index is 0.000000198. The molecule has 352 valence electrons. The normalized spacial score (nSPS) is 14.0. The van der Waals surface area contributed by atoms with Gasteiger partial charge in [-0.05, 0) is 176 Å². The smallest absolute Gasteiger partial charge is 0.198 e. The Kier molecular flexibility index (Phi) is 12.4. The van der Waals surface area contributed by atoms with Crippen LogP contribution in [0.1, 0.15) is 106 Å². The van der Waals surface area contributed by atoms with Crippen molar-refractivity contribution in [3.63, 3.8) is 0 Å². The molecule has 4 aromatic carbocycles. The standard InChI is InChI=1S/4C16H20N/c4*1-11-7-6-8-15(14(11)4)16-12(2)9-10-13(3)17(16)5/h4*6-10H,1-5H3/q4*+1/i2*1D3,3D3;;. The average Bonchev–Trinajstić information content (AvgIpc) is 3.34. The Morgan fingerprint density at radius 2 is 0.485 bits per heavy atom. The van der Waals surface area contributed by atoms with Crippen LogP contribution in [-0.4, -0.2) is 0 Å². The first-order chi connectivity index (χ1) is 36.9. The molecule has 0 amide bonds. The van der Waals surface area contributed by atoms with Crippen molar-refractivity contribution < 1.29 is 34.7 Å². The second-order valence-electron chi connectivity index (χ2n) is 18.2. The van der Waals surface area contributed by atoms with E-state index in [9.17, 15) is 0 Å². The average molecular weight is 917 g/mol. The van der Waals surface area contributed by atoms with Gasteiger partial charge in [-0.2, -0.15) is 18.3 Å². The summed E-state index contributed by atoms with van der Waals surface area (Å²) in [5.74, 6) is 0. The highest BCUT2D eigenvalue weighted by atomic mass is 15.0. The van der Waals surface area contributed by atoms with E-state index >= 15 is 0 Å². The van der Waals surface area contributed by atoms with Gasteiger partial charge >= 0.3 is 0 Å². The van der Waals surface area contributed by atoms with Gasteiger partial charge in [-0.15, -0.1) is 0 Å². The van der Waals surface area contributed by atoms with Crippen molar-refractivity contribution in [2.45, 2.75) is 110 Å². The lowest BCUT2D eigenvalue weighted by atomic mass is 9.97. The van der Waals surface area contributed by atoms with Gasteiger partial charge in [0.2, 0.25) is 22.8 Å². The molecule has 0 fully saturated rings. The molecule has 0 aliphatic carbocycles. The van der Waals surface area contributed by atoms with Crippen LogP contribution in [0.5, 0.6) is 0 Å². The summed E-state index contributed by atoms with van der Waals surface area (Å²) in [4.78, 5) is 0. The first kappa shape index (κ1) is 37.5. The second kappa shape index (κ2) is 22.5. The van der Waals surface area contributed by atoms with E-state index in [1.807, 2.05) is 26.0 Å². The molecule has 4 nitrogen and oxygen atoms in total. The molecule has 68 heavy (non-hydrogen) atoms. The van der Waals surface area contributed by atoms with Crippen LogP contribution in [0.25, 0.3) is 45.0 Å². The molecule has 0 atom stereocenters. The van der Waals surface area contributed by atoms with Gasteiger partial charge in [0.15, 0.2) is 22.8 Å². The highest BCUT2D eigenvalue weighted by Crippen LogP contribution is 2.29. The third kappa shape index (κ3) is 11.4. The van der Waals surface area contributed by atoms with E-state index in [-0.39, 0.29) is 22.5 Å². The number of rotatable bonds is 4. The van der Waals surface area contributed by atoms with Gasteiger partial charge in [0.1, 0.15) is 28.2 Å². The quantitative estimate of drug-likeness (QED) is 0.156. The van der Waals surface area contributed by atoms with Crippen LogP contribution in [0.2, 0.25) is 0 Å². The number of hydrogen-bond acceptors (Lipinski definition) is 0. The molecule has 4 heteroatoms. The SMILES string of the molecule is Cc1cccc(-c2c(C)ccc(C)[n+]2C)c1C.Cc1cccc(-c2c(C)ccc(C)[n+]2C)c1C.[2H]C([2H])([2H])c1cccc(-c2c(C)ccc(C([2H])([2H])[2H])[n+]2C)c1C.[2H]C([2H])([2H])c1cccc(-c2c(C)ccc(C([2H])([2H])[2H])[n+]2C)c1C. The Morgan fingerprint density at radius 1 is 0.250 bits per heavy atom. The molecular weight excluding hydrogens is 825 g/mol. The molecule has 8 aromatic rings. The van der Waals surface area contributed by atoms with Crippen LogP contribution < -0.4 is 18.3 Å². The number of aromatic nitrogens is 4. The molecule has 0 aliphatic heterocycles. The number of nitrogens with zero attached hydrogens (tertiary/aromatic N) is 4. The lowest BCUT2D eigenvalue weighted by Gasteiger charge is -2.10. The Hall–Kier alpha value is -6.52. The molecule has 4 aromatic heterocycles. The van der Waals surface area contributed by atoms with Gasteiger partial charge in [-0.1, -0.05) is 48.5 Å². The maximum atomic E-state index is 7.66. The van der Waals surface area contributed by atoms with Crippen LogP contribution >= 0.6 is 0 Å². The highest BCUT2D eigenvalue weighted by molar-refractivity contribution is 5.68. The molecule has 0 radical (unpaired) electrons. The van der Waals surface area contributed by atoms with E-state index in [4.69, 9.17) is 16.4 Å². The van der Waals surface area contributed by atoms with Crippen molar-refractivity contribution in [3.8, 4) is 45.0 Å². The molecule has 0 N–H and O–H groups in total. The monoisotopic (exact) mass is 917 g/mol. The lowest BCUT2D eigenvalue weighted by molar-refractivity contribution is -0.667. The summed E-state index contributed by atoms with van der Waals surface area (Å²) >= 11 is 0. The second-order valence-corrected chi connectivity index (χ2v) is 18.2. The fourth-order valence-electron chi connectivity index (χ4n) is 8.69. The van der Waals surface area contributed by atoms with Crippen molar-refractivity contribution in [2.24, 2.45) is 28.2 Å². The molecule has 0 saturated heterocycles. The van der Waals surface area contributed by atoms with Gasteiger partial charge in [0.05, 0.1) is 0 Å². The molecule has 0 unspecified atom stereocenters. The van der Waals surface area contributed by atoms with Gasteiger partial charge in [-0.3, -0.25) is 0 Å². The minimum absolute atomic E-state index is 0.219. The van der Waals surface area contributed by atoms with E-state index in [1.165, 1.54) is 67.3 Å². The molecule has 0 bridgehead atoms. The molecule has 0 aliphatic rings. The Bertz CT molecular complexity index is 3330. The third-order valence-corrected chi connectivity index (χ3v) is 13.6. The predicted molar refractivity (Wildman–Crippen MR) is 288 cm³/mol. The zero-order chi connectivity index (χ0) is 60.3. The lowest BCUT2D eigenvalue weighted by Crippen LogP contribution is -2.35. The van der Waals surface area contributed by atoms with E-state index in [2.05, 4.69) is 139 Å². The summed E-state index contributed by atoms with van der Waals surface area (Å²) in [7, 11) is 7.68. The summed E-state index contributed by atoms with van der Waals surface area (Å²) in [5.41, 5.74) is 23.0. The van der Waals surface area contributed by atoms with Crippen molar-refractivity contribution in [3.05, 3.63) is 211 Å². The van der Waals surface area contributed by atoms with E-state index < -0.39 is 27.4 Å². The number of pyridine rings is 4. The van der Waals surface area contributed by atoms with Gasteiger partial charge in [0, 0.05) is 113 Å². The number of aryl methyl sites for hydroxylation is 12. The van der Waals surface area contributed by atoms with Crippen LogP contribution in [-0.2, 0) is 28.2 Å². The van der Waals surface area contributed by atoms with Crippen molar-refractivity contribution in [2.75, 3.05) is 0 Å². The van der Waals surface area contributed by atoms with Crippen LogP contribution in [0.3, 0.4) is 0 Å². The van der Waals surface area contributed by atoms with Gasteiger partial charge in [-0.25, -0.2) is 0 Å². The Labute approximate surface area is 428 Å². The largest absolute Gasteiger partial charge is 0.215 e. The van der Waals surface area contributed by atoms with E-state index in [0.717, 1.165) is 33.6 Å². The molecule has 0 spiro atoms. The fourth-order valence-corrected chi connectivity index (χ4v) is 8.69. The minimum atomic E-state index is -2.23. The molecular formula is C64H80N4+4. The van der Waals surface area contributed by atoms with Crippen molar-refractivity contribution >= 4 is 0 Å². The summed E-state index contributed by atoms with van der Waals surface area (Å²) < 4.78 is 99.7. The fraction of sp³-hybridized carbons (Fsp3) is 0.312. The summed E-state index contributed by atoms with van der Waals surface area (Å²) in [6.07, 6.45) is 0. The highest BCUT2D eigenvalue weighted by Gasteiger charge is 2.21. The molecule has 4 heterocycles. The number of hydrogen-bond donors (Lipinski definition) is 0. The van der Waals surface area contributed by atoms with Gasteiger partial charge < -0.3 is 0 Å². The van der Waals surface area contributed by atoms with Crippen LogP contribution in [0.15, 0.2) is 121 Å². The maximum absolute atomic E-state index is 7.66. The maximum Gasteiger partial charge on any atom is 0.215 e. The zero-order valence-corrected chi connectivity index (χ0v) is 43.3. The van der Waals surface area contributed by atoms with Crippen LogP contribution in [0, 0.1) is 110 Å². The van der Waals surface area contributed by atoms with Crippen molar-refractivity contribution in [1.82, 2.24) is 0 Å². The first-order valence-electron chi connectivity index (χ1n) is 29.2. The van der Waals surface area contributed by atoms with Gasteiger partial charge in [0.25, 0.3) is 0 Å². The van der Waals surface area contributed by atoms with E-state index in [0.29, 0.717) is 11.1 Å². The topological polar surface area (TPSA) is 15.5 Å². The molecule has 0 saturated carbocycles. The third-order valence-electron chi connectivity index (χ3n) is 13.6. The Morgan fingerprint density at radius 3 is 0.750 bits per heavy atom. The predicted octanol–water partition coefficient (Wildman–Crippen LogP) is 13.6. The minimum Gasteiger partial charge on any atom is -0.198 e. The number of benzene rings is 4. The molecule has 8 rings (SSSR count).